The molecule has 64 valence electrons. The molecule has 4 nitrogen and oxygen atoms in total. The van der Waals surface area contributed by atoms with Crippen molar-refractivity contribution in [2.75, 3.05) is 6.61 Å². The summed E-state index contributed by atoms with van der Waals surface area (Å²) in [6, 6.07) is 0. The Balaban J connectivity index is 0. The van der Waals surface area contributed by atoms with Gasteiger partial charge in [0.1, 0.15) is 0 Å². The summed E-state index contributed by atoms with van der Waals surface area (Å²) in [6.07, 6.45) is 1.48. The second-order valence-electron chi connectivity index (χ2n) is 1.60. The molecule has 10 heavy (non-hydrogen) atoms. The van der Waals surface area contributed by atoms with Crippen LogP contribution in [0.2, 0.25) is 0 Å². The maximum atomic E-state index is 9.84. The lowest BCUT2D eigenvalue weighted by Gasteiger charge is -1.95. The highest BCUT2D eigenvalue weighted by atomic mass is 35.5. The van der Waals surface area contributed by atoms with Gasteiger partial charge in [-0.1, -0.05) is 13.3 Å². The predicted octanol–water partition coefficient (Wildman–Crippen LogP) is 1.03. The molecule has 0 saturated carbocycles. The number of hydrogen-bond donors (Lipinski definition) is 1. The normalized spacial score (nSPS) is 10.6. The lowest BCUT2D eigenvalue weighted by atomic mass is 10.4. The van der Waals surface area contributed by atoms with Crippen molar-refractivity contribution in [1.82, 2.24) is 0 Å². The molecule has 0 fully saturated rings. The highest BCUT2D eigenvalue weighted by Gasteiger charge is 2.00. The number of rotatable bonds is 4. The topological polar surface area (TPSA) is 63.6 Å². The molecule has 0 heterocycles. The van der Waals surface area contributed by atoms with Crippen LogP contribution in [0.4, 0.5) is 0 Å². The summed E-state index contributed by atoms with van der Waals surface area (Å²) in [5.41, 5.74) is 0. The molecule has 0 aliphatic rings. The van der Waals surface area contributed by atoms with E-state index in [0.29, 0.717) is 6.42 Å². The van der Waals surface area contributed by atoms with Crippen molar-refractivity contribution in [2.24, 2.45) is 0 Å². The van der Waals surface area contributed by atoms with Gasteiger partial charge >= 0.3 is 10.4 Å². The van der Waals surface area contributed by atoms with Crippen LogP contribution < -0.4 is 0 Å². The minimum Gasteiger partial charge on any atom is -0.264 e. The molecule has 0 amide bonds. The molecule has 0 rings (SSSR count). The first-order valence-corrected chi connectivity index (χ1v) is 4.04. The molecule has 0 saturated heterocycles. The van der Waals surface area contributed by atoms with Gasteiger partial charge in [-0.25, -0.2) is 4.18 Å². The Hall–Kier alpha value is 0.160. The van der Waals surface area contributed by atoms with Gasteiger partial charge in [-0.3, -0.25) is 4.55 Å². The van der Waals surface area contributed by atoms with Gasteiger partial charge < -0.3 is 0 Å². The number of halogens is 1. The highest BCUT2D eigenvalue weighted by Crippen LogP contribution is 1.91. The van der Waals surface area contributed by atoms with Gasteiger partial charge in [0.15, 0.2) is 0 Å². The van der Waals surface area contributed by atoms with Crippen LogP contribution in [-0.4, -0.2) is 19.6 Å². The average molecular weight is 191 g/mol. The van der Waals surface area contributed by atoms with Gasteiger partial charge in [0, 0.05) is 0 Å². The Morgan fingerprint density at radius 2 is 2.00 bits per heavy atom. The van der Waals surface area contributed by atoms with Crippen LogP contribution in [-0.2, 0) is 14.6 Å². The maximum Gasteiger partial charge on any atom is 0.397 e. The fraction of sp³-hybridized carbons (Fsp3) is 1.00. The van der Waals surface area contributed by atoms with E-state index in [1.165, 1.54) is 0 Å². The van der Waals surface area contributed by atoms with Crippen LogP contribution in [0.5, 0.6) is 0 Å². The summed E-state index contributed by atoms with van der Waals surface area (Å²) in [5, 5.41) is 0. The zero-order chi connectivity index (χ0) is 7.33. The van der Waals surface area contributed by atoms with E-state index in [1.54, 1.807) is 0 Å². The summed E-state index contributed by atoms with van der Waals surface area (Å²) < 4.78 is 31.7. The average Bonchev–Trinajstić information content (AvgIpc) is 1.63. The molecule has 0 spiro atoms. The fourth-order valence-corrected chi connectivity index (χ4v) is 0.637. The van der Waals surface area contributed by atoms with Gasteiger partial charge in [0.25, 0.3) is 0 Å². The van der Waals surface area contributed by atoms with E-state index in [-0.39, 0.29) is 19.0 Å². The smallest absolute Gasteiger partial charge is 0.264 e. The van der Waals surface area contributed by atoms with Gasteiger partial charge in [0.05, 0.1) is 6.61 Å². The zero-order valence-electron chi connectivity index (χ0n) is 5.61. The minimum absolute atomic E-state index is 0. The summed E-state index contributed by atoms with van der Waals surface area (Å²) in [4.78, 5) is 0. The number of hydrogen-bond acceptors (Lipinski definition) is 3. The third kappa shape index (κ3) is 11.0. The second-order valence-corrected chi connectivity index (χ2v) is 2.69. The molecule has 0 aromatic rings. The lowest BCUT2D eigenvalue weighted by molar-refractivity contribution is 0.264. The van der Waals surface area contributed by atoms with Crippen molar-refractivity contribution < 1.29 is 17.2 Å². The second kappa shape index (κ2) is 5.91. The van der Waals surface area contributed by atoms with Crippen molar-refractivity contribution in [3.63, 3.8) is 0 Å². The van der Waals surface area contributed by atoms with E-state index in [1.807, 2.05) is 6.92 Å². The molecule has 1 N–H and O–H groups in total. The molecular weight excluding hydrogens is 180 g/mol. The molecule has 0 radical (unpaired) electrons. The Bertz CT molecular complexity index is 153. The first kappa shape index (κ1) is 12.8. The van der Waals surface area contributed by atoms with Crippen molar-refractivity contribution in [2.45, 2.75) is 19.8 Å². The van der Waals surface area contributed by atoms with Crippen LogP contribution in [0.1, 0.15) is 19.8 Å². The fourth-order valence-electron chi connectivity index (χ4n) is 0.309. The van der Waals surface area contributed by atoms with Crippen LogP contribution in [0.3, 0.4) is 0 Å². The van der Waals surface area contributed by atoms with Crippen LogP contribution in [0.15, 0.2) is 0 Å². The van der Waals surface area contributed by atoms with Crippen molar-refractivity contribution in [1.29, 1.82) is 0 Å². The van der Waals surface area contributed by atoms with Crippen molar-refractivity contribution in [3.8, 4) is 0 Å². The minimum atomic E-state index is -4.20. The molecular formula is C4H11ClO4S. The highest BCUT2D eigenvalue weighted by molar-refractivity contribution is 7.80. The Kier molecular flexibility index (Phi) is 7.56. The van der Waals surface area contributed by atoms with E-state index in [9.17, 15) is 8.42 Å². The van der Waals surface area contributed by atoms with E-state index in [4.69, 9.17) is 4.55 Å². The molecule has 0 aliphatic carbocycles. The largest absolute Gasteiger partial charge is 0.397 e. The first-order chi connectivity index (χ1) is 4.06. The molecule has 0 atom stereocenters. The van der Waals surface area contributed by atoms with E-state index >= 15 is 0 Å². The number of unbranched alkanes of at least 4 members (excludes halogenated alkanes) is 1. The molecule has 0 unspecified atom stereocenters. The van der Waals surface area contributed by atoms with Crippen LogP contribution >= 0.6 is 12.4 Å². The van der Waals surface area contributed by atoms with Gasteiger partial charge in [-0.15, -0.1) is 12.4 Å². The quantitative estimate of drug-likeness (QED) is 0.531. The standard InChI is InChI=1S/C4H10O4S.ClH/c1-2-3-4-8-9(5,6)7;/h2-4H2,1H3,(H,5,6,7);1H. The molecule has 0 aromatic carbocycles. The predicted molar refractivity (Wildman–Crippen MR) is 39.7 cm³/mol. The molecule has 6 heteroatoms. The maximum absolute atomic E-state index is 9.84. The van der Waals surface area contributed by atoms with E-state index < -0.39 is 10.4 Å². The summed E-state index contributed by atoms with van der Waals surface area (Å²) in [5.74, 6) is 0. The van der Waals surface area contributed by atoms with Crippen LogP contribution in [0, 0.1) is 0 Å². The monoisotopic (exact) mass is 190 g/mol. The van der Waals surface area contributed by atoms with Crippen LogP contribution in [0.25, 0.3) is 0 Å². The Labute approximate surface area is 66.9 Å². The summed E-state index contributed by atoms with van der Waals surface area (Å²) in [6.45, 7) is 1.96. The Morgan fingerprint density at radius 1 is 1.50 bits per heavy atom. The SMILES string of the molecule is CCCCOS(=O)(=O)O.Cl. The van der Waals surface area contributed by atoms with E-state index in [0.717, 1.165) is 6.42 Å². The summed E-state index contributed by atoms with van der Waals surface area (Å²) in [7, 11) is -4.20. The van der Waals surface area contributed by atoms with Crippen molar-refractivity contribution in [3.05, 3.63) is 0 Å². The van der Waals surface area contributed by atoms with Gasteiger partial charge in [-0.05, 0) is 6.42 Å². The van der Waals surface area contributed by atoms with Gasteiger partial charge in [0.2, 0.25) is 0 Å². The van der Waals surface area contributed by atoms with Crippen molar-refractivity contribution >= 4 is 22.8 Å². The van der Waals surface area contributed by atoms with Gasteiger partial charge in [-0.2, -0.15) is 8.42 Å². The summed E-state index contributed by atoms with van der Waals surface area (Å²) >= 11 is 0. The van der Waals surface area contributed by atoms with E-state index in [2.05, 4.69) is 4.18 Å². The third-order valence-electron chi connectivity index (χ3n) is 0.730. The lowest BCUT2D eigenvalue weighted by Crippen LogP contribution is -2.04. The molecule has 0 aromatic heterocycles. The molecule has 0 aliphatic heterocycles. The zero-order valence-corrected chi connectivity index (χ0v) is 7.24. The first-order valence-electron chi connectivity index (χ1n) is 2.68. The Morgan fingerprint density at radius 3 is 2.30 bits per heavy atom. The molecule has 0 bridgehead atoms. The third-order valence-corrected chi connectivity index (χ3v) is 1.19.